The van der Waals surface area contributed by atoms with E-state index in [0.29, 0.717) is 35.6 Å². The SMILES string of the molecule is OC1CCOc2cc(-c3ccccc3NSC(F)(F)F)ccc21. The fraction of sp³-hybridized carbons (Fsp3) is 0.250. The molecule has 7 heteroatoms. The highest BCUT2D eigenvalue weighted by Crippen LogP contribution is 2.39. The van der Waals surface area contributed by atoms with Crippen LogP contribution in [0.4, 0.5) is 18.9 Å². The van der Waals surface area contributed by atoms with Crippen LogP contribution in [0.1, 0.15) is 18.1 Å². The summed E-state index contributed by atoms with van der Waals surface area (Å²) >= 11 is -0.297. The van der Waals surface area contributed by atoms with Crippen molar-refractivity contribution in [1.82, 2.24) is 0 Å². The molecule has 1 atom stereocenters. The number of benzene rings is 2. The Morgan fingerprint density at radius 3 is 2.74 bits per heavy atom. The van der Waals surface area contributed by atoms with Gasteiger partial charge in [-0.15, -0.1) is 0 Å². The molecule has 0 saturated heterocycles. The Morgan fingerprint density at radius 1 is 1.17 bits per heavy atom. The van der Waals surface area contributed by atoms with Crippen LogP contribution in [0.2, 0.25) is 0 Å². The molecule has 3 rings (SSSR count). The average Bonchev–Trinajstić information content (AvgIpc) is 2.52. The van der Waals surface area contributed by atoms with Gasteiger partial charge in [-0.3, -0.25) is 0 Å². The topological polar surface area (TPSA) is 41.5 Å². The van der Waals surface area contributed by atoms with Crippen LogP contribution in [-0.2, 0) is 0 Å². The highest BCUT2D eigenvalue weighted by molar-refractivity contribution is 8.01. The molecule has 2 N–H and O–H groups in total. The van der Waals surface area contributed by atoms with E-state index in [1.165, 1.54) is 0 Å². The van der Waals surface area contributed by atoms with Crippen molar-refractivity contribution in [2.45, 2.75) is 18.0 Å². The second-order valence-electron chi connectivity index (χ2n) is 5.10. The van der Waals surface area contributed by atoms with Gasteiger partial charge in [-0.2, -0.15) is 13.2 Å². The monoisotopic (exact) mass is 341 g/mol. The predicted molar refractivity (Wildman–Crippen MR) is 84.2 cm³/mol. The molecule has 1 unspecified atom stereocenters. The van der Waals surface area contributed by atoms with Gasteiger partial charge in [0.1, 0.15) is 5.75 Å². The molecule has 1 aliphatic heterocycles. The first-order valence-corrected chi connectivity index (χ1v) is 7.80. The van der Waals surface area contributed by atoms with Crippen LogP contribution < -0.4 is 9.46 Å². The number of anilines is 1. The standard InChI is InChI=1S/C16H14F3NO2S/c17-16(18,19)23-20-13-4-2-1-3-11(13)10-5-6-12-14(21)7-8-22-15(12)9-10/h1-6,9,14,20-21H,7-8H2. The molecule has 0 saturated carbocycles. The number of rotatable bonds is 3. The summed E-state index contributed by atoms with van der Waals surface area (Å²) in [5.41, 5.74) is -1.93. The van der Waals surface area contributed by atoms with Crippen molar-refractivity contribution in [3.63, 3.8) is 0 Å². The zero-order valence-corrected chi connectivity index (χ0v) is 12.7. The molecule has 0 aromatic heterocycles. The number of hydrogen-bond acceptors (Lipinski definition) is 4. The van der Waals surface area contributed by atoms with Crippen LogP contribution in [0.5, 0.6) is 5.75 Å². The Hall–Kier alpha value is -1.86. The van der Waals surface area contributed by atoms with E-state index in [1.54, 1.807) is 42.5 Å². The minimum absolute atomic E-state index is 0.297. The molecule has 2 aromatic rings. The van der Waals surface area contributed by atoms with Gasteiger partial charge in [0, 0.05) is 17.5 Å². The lowest BCUT2D eigenvalue weighted by Gasteiger charge is -2.23. The Bertz CT molecular complexity index is 706. The minimum atomic E-state index is -4.36. The quantitative estimate of drug-likeness (QED) is 0.791. The Balaban J connectivity index is 1.93. The molecular weight excluding hydrogens is 327 g/mol. The van der Waals surface area contributed by atoms with E-state index < -0.39 is 11.6 Å². The number of ether oxygens (including phenoxy) is 1. The van der Waals surface area contributed by atoms with Crippen LogP contribution in [0.15, 0.2) is 42.5 Å². The van der Waals surface area contributed by atoms with E-state index >= 15 is 0 Å². The molecule has 1 heterocycles. The fourth-order valence-electron chi connectivity index (χ4n) is 2.47. The second-order valence-corrected chi connectivity index (χ2v) is 5.97. The van der Waals surface area contributed by atoms with Crippen molar-refractivity contribution in [3.05, 3.63) is 48.0 Å². The van der Waals surface area contributed by atoms with Gasteiger partial charge in [-0.05, 0) is 17.7 Å². The third-order valence-corrected chi connectivity index (χ3v) is 4.09. The molecule has 2 aromatic carbocycles. The second kappa shape index (κ2) is 6.33. The van der Waals surface area contributed by atoms with Crippen LogP contribution in [0, 0.1) is 0 Å². The number of alkyl halides is 3. The van der Waals surface area contributed by atoms with E-state index in [1.807, 2.05) is 0 Å². The molecule has 0 amide bonds. The molecule has 0 spiro atoms. The largest absolute Gasteiger partial charge is 0.493 e. The van der Waals surface area contributed by atoms with Crippen molar-refractivity contribution >= 4 is 17.6 Å². The van der Waals surface area contributed by atoms with Gasteiger partial charge in [0.15, 0.2) is 0 Å². The maximum absolute atomic E-state index is 12.4. The number of fused-ring (bicyclic) bond motifs is 1. The summed E-state index contributed by atoms with van der Waals surface area (Å²) in [5, 5.41) is 9.93. The van der Waals surface area contributed by atoms with E-state index in [0.717, 1.165) is 5.56 Å². The Labute approximate surface area is 135 Å². The maximum atomic E-state index is 12.4. The van der Waals surface area contributed by atoms with Gasteiger partial charge in [0.05, 0.1) is 30.3 Å². The van der Waals surface area contributed by atoms with Gasteiger partial charge in [0.2, 0.25) is 0 Å². The summed E-state index contributed by atoms with van der Waals surface area (Å²) in [5.74, 6) is 0.569. The van der Waals surface area contributed by atoms with Crippen LogP contribution in [0.25, 0.3) is 11.1 Å². The molecule has 1 aliphatic rings. The first-order chi connectivity index (χ1) is 10.9. The summed E-state index contributed by atoms with van der Waals surface area (Å²) in [7, 11) is 0. The van der Waals surface area contributed by atoms with E-state index in [4.69, 9.17) is 4.74 Å². The normalized spacial score (nSPS) is 17.3. The Morgan fingerprint density at radius 2 is 1.96 bits per heavy atom. The fourth-order valence-corrected chi connectivity index (χ4v) is 2.88. The van der Waals surface area contributed by atoms with Crippen LogP contribution in [-0.4, -0.2) is 17.2 Å². The van der Waals surface area contributed by atoms with Gasteiger partial charge < -0.3 is 14.6 Å². The van der Waals surface area contributed by atoms with Crippen molar-refractivity contribution in [2.24, 2.45) is 0 Å². The number of halogens is 3. The molecule has 0 fully saturated rings. The average molecular weight is 341 g/mol. The predicted octanol–water partition coefficient (Wildman–Crippen LogP) is 4.75. The van der Waals surface area contributed by atoms with E-state index in [2.05, 4.69) is 4.72 Å². The summed E-state index contributed by atoms with van der Waals surface area (Å²) in [6.45, 7) is 0.418. The highest BCUT2D eigenvalue weighted by Gasteiger charge is 2.29. The molecule has 3 nitrogen and oxygen atoms in total. The third-order valence-electron chi connectivity index (χ3n) is 3.54. The highest BCUT2D eigenvalue weighted by atomic mass is 32.2. The first-order valence-electron chi connectivity index (χ1n) is 6.99. The molecule has 23 heavy (non-hydrogen) atoms. The molecular formula is C16H14F3NO2S. The summed E-state index contributed by atoms with van der Waals surface area (Å²) < 4.78 is 45.1. The van der Waals surface area contributed by atoms with E-state index in [9.17, 15) is 18.3 Å². The Kier molecular flexibility index (Phi) is 4.41. The van der Waals surface area contributed by atoms with Crippen LogP contribution >= 0.6 is 11.9 Å². The van der Waals surface area contributed by atoms with Crippen molar-refractivity contribution < 1.29 is 23.0 Å². The summed E-state index contributed by atoms with van der Waals surface area (Å²) in [6, 6.07) is 12.0. The number of aliphatic hydroxyl groups is 1. The molecule has 0 aliphatic carbocycles. The zero-order valence-electron chi connectivity index (χ0n) is 11.9. The summed E-state index contributed by atoms with van der Waals surface area (Å²) in [4.78, 5) is 0. The van der Waals surface area contributed by atoms with E-state index in [-0.39, 0.29) is 11.9 Å². The number of hydrogen-bond donors (Lipinski definition) is 2. The third kappa shape index (κ3) is 3.73. The maximum Gasteiger partial charge on any atom is 0.461 e. The smallest absolute Gasteiger partial charge is 0.461 e. The van der Waals surface area contributed by atoms with Crippen molar-refractivity contribution in [3.8, 4) is 16.9 Å². The molecule has 0 radical (unpaired) electrons. The van der Waals surface area contributed by atoms with Crippen molar-refractivity contribution in [1.29, 1.82) is 0 Å². The van der Waals surface area contributed by atoms with Crippen molar-refractivity contribution in [2.75, 3.05) is 11.3 Å². The number of nitrogens with one attached hydrogen (secondary N) is 1. The van der Waals surface area contributed by atoms with Gasteiger partial charge in [-0.1, -0.05) is 30.3 Å². The first kappa shape index (κ1) is 16.0. The summed E-state index contributed by atoms with van der Waals surface area (Å²) in [6.07, 6.45) is -0.0332. The lowest BCUT2D eigenvalue weighted by molar-refractivity contribution is -0.0323. The number of aliphatic hydroxyl groups excluding tert-OH is 1. The van der Waals surface area contributed by atoms with Gasteiger partial charge in [0.25, 0.3) is 0 Å². The van der Waals surface area contributed by atoms with Crippen LogP contribution in [0.3, 0.4) is 0 Å². The zero-order chi connectivity index (χ0) is 16.4. The molecule has 0 bridgehead atoms. The lowest BCUT2D eigenvalue weighted by Crippen LogP contribution is -2.13. The van der Waals surface area contributed by atoms with Gasteiger partial charge in [-0.25, -0.2) is 0 Å². The minimum Gasteiger partial charge on any atom is -0.493 e. The van der Waals surface area contributed by atoms with Gasteiger partial charge >= 0.3 is 5.51 Å². The number of para-hydroxylation sites is 1. The lowest BCUT2D eigenvalue weighted by atomic mass is 9.97. The molecule has 122 valence electrons.